The van der Waals surface area contributed by atoms with Crippen LogP contribution in [0.2, 0.25) is 0 Å². The van der Waals surface area contributed by atoms with Gasteiger partial charge in [-0.25, -0.2) is 0 Å². The van der Waals surface area contributed by atoms with E-state index >= 15 is 0 Å². The number of nitrogens with one attached hydrogen (secondary N) is 1. The number of fused-ring (bicyclic) bond motifs is 1. The summed E-state index contributed by atoms with van der Waals surface area (Å²) in [5, 5.41) is 5.77. The maximum atomic E-state index is 3.50. The monoisotopic (exact) mass is 262 g/mol. The average molecular weight is 262 g/mol. The summed E-state index contributed by atoms with van der Waals surface area (Å²) in [6.45, 7) is 6.37. The molecule has 1 aliphatic carbocycles. The number of rotatable bonds is 2. The van der Waals surface area contributed by atoms with Gasteiger partial charge in [0.1, 0.15) is 0 Å². The Morgan fingerprint density at radius 2 is 2.28 bits per heavy atom. The molecular formula is C15H22N2S. The van der Waals surface area contributed by atoms with Gasteiger partial charge in [0.2, 0.25) is 0 Å². The topological polar surface area (TPSA) is 15.3 Å². The van der Waals surface area contributed by atoms with Crippen LogP contribution in [0, 0.1) is 11.3 Å². The molecule has 1 saturated carbocycles. The van der Waals surface area contributed by atoms with E-state index in [1.54, 1.807) is 10.4 Å². The summed E-state index contributed by atoms with van der Waals surface area (Å²) in [6, 6.07) is 2.33. The van der Waals surface area contributed by atoms with Gasteiger partial charge in [-0.3, -0.25) is 4.90 Å². The second kappa shape index (κ2) is 4.32. The number of hydrogen-bond acceptors (Lipinski definition) is 3. The quantitative estimate of drug-likeness (QED) is 0.881. The molecule has 0 amide bonds. The third-order valence-corrected chi connectivity index (χ3v) is 6.35. The lowest BCUT2D eigenvalue weighted by atomic mass is 9.91. The maximum Gasteiger partial charge on any atom is 0.0245 e. The van der Waals surface area contributed by atoms with E-state index < -0.39 is 0 Å². The van der Waals surface area contributed by atoms with E-state index in [0.29, 0.717) is 0 Å². The molecule has 1 saturated heterocycles. The van der Waals surface area contributed by atoms with E-state index in [4.69, 9.17) is 0 Å². The summed E-state index contributed by atoms with van der Waals surface area (Å²) >= 11 is 1.95. The first-order valence-corrected chi connectivity index (χ1v) is 8.22. The molecule has 1 N–H and O–H groups in total. The Hall–Kier alpha value is -0.380. The van der Waals surface area contributed by atoms with Gasteiger partial charge in [-0.2, -0.15) is 0 Å². The molecule has 0 radical (unpaired) electrons. The minimum Gasteiger partial charge on any atom is -0.317 e. The van der Waals surface area contributed by atoms with Gasteiger partial charge in [0.15, 0.2) is 0 Å². The second-order valence-corrected chi connectivity index (χ2v) is 7.37. The Bertz CT molecular complexity index is 433. The smallest absolute Gasteiger partial charge is 0.0245 e. The van der Waals surface area contributed by atoms with Crippen LogP contribution in [0.4, 0.5) is 0 Å². The Balaban J connectivity index is 1.37. The zero-order valence-electron chi connectivity index (χ0n) is 11.0. The average Bonchev–Trinajstić information content (AvgIpc) is 2.87. The van der Waals surface area contributed by atoms with Gasteiger partial charge >= 0.3 is 0 Å². The minimum absolute atomic E-state index is 0.750. The van der Waals surface area contributed by atoms with Gasteiger partial charge in [-0.05, 0) is 67.1 Å². The van der Waals surface area contributed by atoms with Crippen molar-refractivity contribution in [2.45, 2.75) is 32.2 Å². The molecule has 1 spiro atoms. The SMILES string of the molecule is c1cc2c(s1)CCN(CC1CC13CCNCC3)C2. The highest BCUT2D eigenvalue weighted by Crippen LogP contribution is 2.58. The van der Waals surface area contributed by atoms with Crippen LogP contribution in [0.1, 0.15) is 29.7 Å². The van der Waals surface area contributed by atoms with Gasteiger partial charge in [0.25, 0.3) is 0 Å². The van der Waals surface area contributed by atoms with Crippen molar-refractivity contribution >= 4 is 11.3 Å². The van der Waals surface area contributed by atoms with Crippen LogP contribution < -0.4 is 5.32 Å². The molecule has 1 atom stereocenters. The lowest BCUT2D eigenvalue weighted by Crippen LogP contribution is -2.34. The molecule has 3 heterocycles. The number of thiophene rings is 1. The van der Waals surface area contributed by atoms with E-state index in [0.717, 1.165) is 11.3 Å². The molecular weight excluding hydrogens is 240 g/mol. The third kappa shape index (κ3) is 1.93. The fourth-order valence-corrected chi connectivity index (χ4v) is 4.89. The van der Waals surface area contributed by atoms with Crippen LogP contribution in [0.15, 0.2) is 11.4 Å². The first-order chi connectivity index (χ1) is 8.86. The Morgan fingerprint density at radius 1 is 1.39 bits per heavy atom. The zero-order chi connectivity index (χ0) is 12.0. The van der Waals surface area contributed by atoms with Crippen LogP contribution in [0.3, 0.4) is 0 Å². The molecule has 3 aliphatic rings. The molecule has 1 aromatic rings. The molecule has 18 heavy (non-hydrogen) atoms. The standard InChI is InChI=1S/C15H22N2S/c1-7-17(10-12-2-8-18-14(1)12)11-13-9-15(13)3-5-16-6-4-15/h2,8,13,16H,1,3-7,9-11H2. The molecule has 3 heteroatoms. The Kier molecular flexibility index (Phi) is 2.75. The predicted molar refractivity (Wildman–Crippen MR) is 75.9 cm³/mol. The highest BCUT2D eigenvalue weighted by molar-refractivity contribution is 7.10. The van der Waals surface area contributed by atoms with E-state index in [1.807, 2.05) is 11.3 Å². The number of piperidine rings is 1. The zero-order valence-corrected chi connectivity index (χ0v) is 11.8. The summed E-state index contributed by atoms with van der Waals surface area (Å²) in [5.74, 6) is 1.000. The maximum absolute atomic E-state index is 3.50. The van der Waals surface area contributed by atoms with Crippen molar-refractivity contribution in [2.24, 2.45) is 11.3 Å². The molecule has 0 bridgehead atoms. The third-order valence-electron chi connectivity index (χ3n) is 5.32. The lowest BCUT2D eigenvalue weighted by molar-refractivity contribution is 0.216. The lowest BCUT2D eigenvalue weighted by Gasteiger charge is -2.29. The van der Waals surface area contributed by atoms with E-state index in [2.05, 4.69) is 21.7 Å². The van der Waals surface area contributed by atoms with E-state index in [9.17, 15) is 0 Å². The Morgan fingerprint density at radius 3 is 3.17 bits per heavy atom. The van der Waals surface area contributed by atoms with Crippen molar-refractivity contribution in [3.8, 4) is 0 Å². The fourth-order valence-electron chi connectivity index (χ4n) is 4.00. The highest BCUT2D eigenvalue weighted by atomic mass is 32.1. The molecule has 1 unspecified atom stereocenters. The van der Waals surface area contributed by atoms with Gasteiger partial charge in [-0.15, -0.1) is 11.3 Å². The van der Waals surface area contributed by atoms with Crippen molar-refractivity contribution < 1.29 is 0 Å². The first kappa shape index (κ1) is 11.4. The van der Waals surface area contributed by atoms with Crippen LogP contribution in [0.5, 0.6) is 0 Å². The molecule has 0 aromatic carbocycles. The van der Waals surface area contributed by atoms with Gasteiger partial charge in [-0.1, -0.05) is 0 Å². The molecule has 98 valence electrons. The summed E-state index contributed by atoms with van der Waals surface area (Å²) < 4.78 is 0. The molecule has 2 fully saturated rings. The van der Waals surface area contributed by atoms with Crippen molar-refractivity contribution in [2.75, 3.05) is 26.2 Å². The van der Waals surface area contributed by atoms with Gasteiger partial charge < -0.3 is 5.32 Å². The second-order valence-electron chi connectivity index (χ2n) is 6.37. The van der Waals surface area contributed by atoms with Crippen LogP contribution in [0.25, 0.3) is 0 Å². The fraction of sp³-hybridized carbons (Fsp3) is 0.733. The summed E-state index contributed by atoms with van der Waals surface area (Å²) in [6.07, 6.45) is 5.64. The summed E-state index contributed by atoms with van der Waals surface area (Å²) in [5.41, 5.74) is 2.35. The van der Waals surface area contributed by atoms with Gasteiger partial charge in [0, 0.05) is 24.5 Å². The highest BCUT2D eigenvalue weighted by Gasteiger charge is 2.53. The largest absolute Gasteiger partial charge is 0.317 e. The van der Waals surface area contributed by atoms with E-state index in [-0.39, 0.29) is 0 Å². The predicted octanol–water partition coefficient (Wildman–Crippen LogP) is 2.50. The number of hydrogen-bond donors (Lipinski definition) is 1. The first-order valence-electron chi connectivity index (χ1n) is 7.34. The normalized spacial score (nSPS) is 30.3. The molecule has 2 nitrogen and oxygen atoms in total. The van der Waals surface area contributed by atoms with Crippen molar-refractivity contribution in [1.29, 1.82) is 0 Å². The molecule has 2 aliphatic heterocycles. The van der Waals surface area contributed by atoms with Crippen LogP contribution in [-0.4, -0.2) is 31.1 Å². The molecule has 4 rings (SSSR count). The number of nitrogens with zero attached hydrogens (tertiary/aromatic N) is 1. The van der Waals surface area contributed by atoms with Crippen molar-refractivity contribution in [3.63, 3.8) is 0 Å². The van der Waals surface area contributed by atoms with Crippen LogP contribution >= 0.6 is 11.3 Å². The van der Waals surface area contributed by atoms with Crippen molar-refractivity contribution in [3.05, 3.63) is 21.9 Å². The summed E-state index contributed by atoms with van der Waals surface area (Å²) in [4.78, 5) is 4.34. The Labute approximate surface area is 113 Å². The molecule has 1 aromatic heterocycles. The van der Waals surface area contributed by atoms with Gasteiger partial charge in [0.05, 0.1) is 0 Å². The van der Waals surface area contributed by atoms with Crippen LogP contribution in [-0.2, 0) is 13.0 Å². The van der Waals surface area contributed by atoms with E-state index in [1.165, 1.54) is 58.4 Å². The summed E-state index contributed by atoms with van der Waals surface area (Å²) in [7, 11) is 0. The van der Waals surface area contributed by atoms with Crippen molar-refractivity contribution in [1.82, 2.24) is 10.2 Å². The minimum atomic E-state index is 0.750.